The standard InChI is InChI=1S/C30H32FN3O2/c31-25-7-3-19(4-8-25)12-28(36)34-29-26(16-30-13-21-9-22(14-30)11-23(10-21)15-30)33-27(17-32-29)24-5-1-20(18-35)2-6-24/h1-8,17,21-23,35H,9-16,18H2,(H,32,34,36). The van der Waals surface area contributed by atoms with Crippen molar-refractivity contribution >= 4 is 11.7 Å². The van der Waals surface area contributed by atoms with Crippen LogP contribution < -0.4 is 5.32 Å². The van der Waals surface area contributed by atoms with Gasteiger partial charge in [0.25, 0.3) is 0 Å². The van der Waals surface area contributed by atoms with E-state index in [1.807, 2.05) is 24.3 Å². The second kappa shape index (κ2) is 9.40. The van der Waals surface area contributed by atoms with E-state index < -0.39 is 0 Å². The second-order valence-electron chi connectivity index (χ2n) is 11.4. The monoisotopic (exact) mass is 485 g/mol. The number of benzene rings is 2. The molecule has 1 amide bonds. The van der Waals surface area contributed by atoms with Crippen molar-refractivity contribution in [2.75, 3.05) is 5.32 Å². The van der Waals surface area contributed by atoms with Crippen LogP contribution >= 0.6 is 0 Å². The van der Waals surface area contributed by atoms with Gasteiger partial charge in [0.15, 0.2) is 5.82 Å². The minimum absolute atomic E-state index is 0.00224. The van der Waals surface area contributed by atoms with Crippen molar-refractivity contribution in [3.63, 3.8) is 0 Å². The zero-order valence-electron chi connectivity index (χ0n) is 20.4. The topological polar surface area (TPSA) is 75.1 Å². The third-order valence-corrected chi connectivity index (χ3v) is 8.52. The molecule has 2 aromatic carbocycles. The molecule has 1 heterocycles. The van der Waals surface area contributed by atoms with Crippen LogP contribution in [0.15, 0.2) is 54.7 Å². The lowest BCUT2D eigenvalue weighted by atomic mass is 9.48. The van der Waals surface area contributed by atoms with Gasteiger partial charge in [-0.1, -0.05) is 36.4 Å². The van der Waals surface area contributed by atoms with Gasteiger partial charge in [-0.05, 0) is 91.4 Å². The molecule has 7 rings (SSSR count). The molecule has 36 heavy (non-hydrogen) atoms. The first-order valence-corrected chi connectivity index (χ1v) is 13.1. The van der Waals surface area contributed by atoms with Gasteiger partial charge in [-0.2, -0.15) is 0 Å². The van der Waals surface area contributed by atoms with Gasteiger partial charge in [0.2, 0.25) is 5.91 Å². The Kier molecular flexibility index (Phi) is 6.08. The molecule has 4 bridgehead atoms. The molecular formula is C30H32FN3O2. The quantitative estimate of drug-likeness (QED) is 0.449. The maximum absolute atomic E-state index is 13.3. The zero-order chi connectivity index (χ0) is 24.7. The van der Waals surface area contributed by atoms with Gasteiger partial charge in [-0.25, -0.2) is 14.4 Å². The molecule has 186 valence electrons. The van der Waals surface area contributed by atoms with Crippen molar-refractivity contribution in [3.8, 4) is 11.3 Å². The Morgan fingerprint density at radius 3 is 2.17 bits per heavy atom. The maximum atomic E-state index is 13.3. The van der Waals surface area contributed by atoms with Crippen LogP contribution in [0.3, 0.4) is 0 Å². The van der Waals surface area contributed by atoms with Gasteiger partial charge >= 0.3 is 0 Å². The first-order valence-electron chi connectivity index (χ1n) is 13.1. The first kappa shape index (κ1) is 23.3. The zero-order valence-corrected chi connectivity index (χ0v) is 20.4. The molecule has 1 aromatic heterocycles. The minimum atomic E-state index is -0.314. The smallest absolute Gasteiger partial charge is 0.229 e. The molecule has 2 N–H and O–H groups in total. The van der Waals surface area contributed by atoms with Gasteiger partial charge in [-0.3, -0.25) is 4.79 Å². The number of halogens is 1. The van der Waals surface area contributed by atoms with Gasteiger partial charge in [0.05, 0.1) is 30.6 Å². The largest absolute Gasteiger partial charge is 0.392 e. The number of amides is 1. The Morgan fingerprint density at radius 2 is 1.56 bits per heavy atom. The molecule has 4 fully saturated rings. The molecule has 0 atom stereocenters. The number of carbonyl (C=O) groups excluding carboxylic acids is 1. The van der Waals surface area contributed by atoms with Crippen molar-refractivity contribution in [2.24, 2.45) is 23.2 Å². The molecule has 4 aliphatic rings. The van der Waals surface area contributed by atoms with E-state index in [1.165, 1.54) is 50.7 Å². The van der Waals surface area contributed by atoms with E-state index in [1.54, 1.807) is 18.3 Å². The van der Waals surface area contributed by atoms with Crippen LogP contribution in [0, 0.1) is 29.0 Å². The number of carbonyl (C=O) groups is 1. The number of nitrogens with one attached hydrogen (secondary N) is 1. The number of aliphatic hydroxyl groups excluding tert-OH is 1. The summed E-state index contributed by atoms with van der Waals surface area (Å²) in [4.78, 5) is 22.7. The van der Waals surface area contributed by atoms with Gasteiger partial charge in [0.1, 0.15) is 5.82 Å². The lowest BCUT2D eigenvalue weighted by molar-refractivity contribution is -0.115. The van der Waals surface area contributed by atoms with E-state index in [2.05, 4.69) is 10.3 Å². The fourth-order valence-electron chi connectivity index (χ4n) is 7.40. The fourth-order valence-corrected chi connectivity index (χ4v) is 7.40. The fraction of sp³-hybridized carbons (Fsp3) is 0.433. The van der Waals surface area contributed by atoms with Crippen LogP contribution in [0.1, 0.15) is 55.3 Å². The van der Waals surface area contributed by atoms with E-state index in [-0.39, 0.29) is 30.2 Å². The number of hydrogen-bond acceptors (Lipinski definition) is 4. The predicted octanol–water partition coefficient (Wildman–Crippen LogP) is 5.72. The van der Waals surface area contributed by atoms with Crippen LogP contribution in [-0.2, 0) is 24.2 Å². The highest BCUT2D eigenvalue weighted by Gasteiger charge is 2.51. The van der Waals surface area contributed by atoms with Gasteiger partial charge in [-0.15, -0.1) is 0 Å². The number of nitrogens with zero attached hydrogens (tertiary/aromatic N) is 2. The van der Waals surface area contributed by atoms with E-state index >= 15 is 0 Å². The maximum Gasteiger partial charge on any atom is 0.229 e. The highest BCUT2D eigenvalue weighted by molar-refractivity contribution is 5.92. The summed E-state index contributed by atoms with van der Waals surface area (Å²) in [6, 6.07) is 13.7. The average molecular weight is 486 g/mol. The van der Waals surface area contributed by atoms with Gasteiger partial charge < -0.3 is 10.4 Å². The van der Waals surface area contributed by atoms with Crippen LogP contribution in [0.5, 0.6) is 0 Å². The van der Waals surface area contributed by atoms with E-state index in [0.717, 1.165) is 52.3 Å². The Bertz CT molecular complexity index is 1220. The minimum Gasteiger partial charge on any atom is -0.392 e. The van der Waals surface area contributed by atoms with Crippen molar-refractivity contribution < 1.29 is 14.3 Å². The van der Waals surface area contributed by atoms with Crippen LogP contribution in [0.25, 0.3) is 11.3 Å². The number of hydrogen-bond donors (Lipinski definition) is 2. The summed E-state index contributed by atoms with van der Waals surface area (Å²) in [6.07, 6.45) is 10.6. The molecule has 4 aliphatic carbocycles. The molecule has 0 saturated heterocycles. The SMILES string of the molecule is O=C(Cc1ccc(F)cc1)Nc1ncc(-c2ccc(CO)cc2)nc1CC12CC3CC(CC(C3)C1)C2. The van der Waals surface area contributed by atoms with Crippen LogP contribution in [0.4, 0.5) is 10.2 Å². The van der Waals surface area contributed by atoms with E-state index in [0.29, 0.717) is 5.82 Å². The lowest BCUT2D eigenvalue weighted by Gasteiger charge is -2.57. The Morgan fingerprint density at radius 1 is 0.944 bits per heavy atom. The lowest BCUT2D eigenvalue weighted by Crippen LogP contribution is -2.47. The molecule has 0 radical (unpaired) electrons. The number of anilines is 1. The van der Waals surface area contributed by atoms with Crippen molar-refractivity contribution in [3.05, 3.63) is 77.4 Å². The van der Waals surface area contributed by atoms with Crippen molar-refractivity contribution in [1.82, 2.24) is 9.97 Å². The Hall–Kier alpha value is -3.12. The summed E-state index contributed by atoms with van der Waals surface area (Å²) in [5.74, 6) is 2.53. The predicted molar refractivity (Wildman–Crippen MR) is 136 cm³/mol. The Balaban J connectivity index is 1.29. The average Bonchev–Trinajstić information content (AvgIpc) is 2.85. The summed E-state index contributed by atoms with van der Waals surface area (Å²) in [7, 11) is 0. The highest BCUT2D eigenvalue weighted by atomic mass is 19.1. The molecule has 5 nitrogen and oxygen atoms in total. The molecule has 3 aromatic rings. The molecular weight excluding hydrogens is 453 g/mol. The number of aromatic nitrogens is 2. The third kappa shape index (κ3) is 4.79. The number of aliphatic hydroxyl groups is 1. The number of rotatable bonds is 7. The first-order chi connectivity index (χ1) is 17.5. The van der Waals surface area contributed by atoms with Crippen LogP contribution in [0.2, 0.25) is 0 Å². The van der Waals surface area contributed by atoms with Gasteiger partial charge in [0, 0.05) is 5.56 Å². The summed E-state index contributed by atoms with van der Waals surface area (Å²) in [5.41, 5.74) is 4.42. The highest BCUT2D eigenvalue weighted by Crippen LogP contribution is 2.61. The molecule has 0 spiro atoms. The summed E-state index contributed by atoms with van der Waals surface area (Å²) >= 11 is 0. The summed E-state index contributed by atoms with van der Waals surface area (Å²) < 4.78 is 13.3. The third-order valence-electron chi connectivity index (χ3n) is 8.52. The molecule has 0 unspecified atom stereocenters. The molecule has 4 saturated carbocycles. The van der Waals surface area contributed by atoms with Crippen LogP contribution in [-0.4, -0.2) is 21.0 Å². The Labute approximate surface area is 211 Å². The normalized spacial score (nSPS) is 26.2. The summed E-state index contributed by atoms with van der Waals surface area (Å²) in [6.45, 7) is 0.00224. The van der Waals surface area contributed by atoms with Crippen molar-refractivity contribution in [1.29, 1.82) is 0 Å². The van der Waals surface area contributed by atoms with E-state index in [9.17, 15) is 14.3 Å². The second-order valence-corrected chi connectivity index (χ2v) is 11.4. The summed E-state index contributed by atoms with van der Waals surface area (Å²) in [5, 5.41) is 12.4. The van der Waals surface area contributed by atoms with E-state index in [4.69, 9.17) is 4.98 Å². The molecule has 6 heteroatoms. The molecule has 0 aliphatic heterocycles. The van der Waals surface area contributed by atoms with Crippen molar-refractivity contribution in [2.45, 2.75) is 58.0 Å².